The van der Waals surface area contributed by atoms with Crippen LogP contribution in [0.25, 0.3) is 0 Å². The first-order chi connectivity index (χ1) is 24.5. The van der Waals surface area contributed by atoms with Gasteiger partial charge in [0.15, 0.2) is 5.72 Å². The molecule has 4 rings (SSSR count). The van der Waals surface area contributed by atoms with E-state index >= 15 is 0 Å². The molecule has 3 heterocycles. The van der Waals surface area contributed by atoms with Crippen molar-refractivity contribution in [1.29, 1.82) is 0 Å². The Labute approximate surface area is 311 Å². The minimum atomic E-state index is -1.86. The van der Waals surface area contributed by atoms with Crippen molar-refractivity contribution >= 4 is 53.8 Å². The van der Waals surface area contributed by atoms with Crippen molar-refractivity contribution in [3.63, 3.8) is 0 Å². The number of likely N-dealkylation sites (N-methyl/N-ethyl adjacent to an activating group) is 1. The van der Waals surface area contributed by atoms with Gasteiger partial charge >= 0.3 is 12.1 Å². The number of rotatable bonds is 7. The molecule has 0 aliphatic carbocycles. The Bertz CT molecular complexity index is 1550. The Hall–Kier alpha value is -3.14. The lowest BCUT2D eigenvalue weighted by molar-refractivity contribution is -0.161. The molecule has 15 heteroatoms. The van der Waals surface area contributed by atoms with E-state index in [-0.39, 0.29) is 36.8 Å². The highest BCUT2D eigenvalue weighted by molar-refractivity contribution is 7.80. The maximum absolute atomic E-state index is 14.0. The second-order valence-corrected chi connectivity index (χ2v) is 14.5. The predicted octanol–water partition coefficient (Wildman–Crippen LogP) is 3.55. The Morgan fingerprint density at radius 3 is 2.63 bits per heavy atom. The topological polar surface area (TPSA) is 178 Å². The fourth-order valence-corrected chi connectivity index (χ4v) is 7.07. The number of esters is 1. The maximum atomic E-state index is 14.0. The molecule has 3 amide bonds. The molecular weight excluding hydrogens is 702 g/mol. The number of nitrogens with one attached hydrogen (secondary N) is 1. The lowest BCUT2D eigenvalue weighted by atomic mass is 9.81. The van der Waals surface area contributed by atoms with Crippen molar-refractivity contribution in [1.82, 2.24) is 10.2 Å². The maximum Gasteiger partial charge on any atom is 0.409 e. The fraction of sp³-hybridized carbons (Fsp3) is 0.611. The molecule has 4 N–H and O–H groups in total. The normalized spacial score (nSPS) is 31.9. The molecule has 0 spiro atoms. The van der Waals surface area contributed by atoms with Crippen molar-refractivity contribution in [3.8, 4) is 0 Å². The average Bonchev–Trinajstić information content (AvgIpc) is 3.81. The highest BCUT2D eigenvalue weighted by Gasteiger charge is 2.64. The Balaban J connectivity index is 0.00000358. The molecule has 4 bridgehead atoms. The molecule has 1 aromatic rings. The predicted molar refractivity (Wildman–Crippen MR) is 195 cm³/mol. The molecule has 2 saturated heterocycles. The van der Waals surface area contributed by atoms with Gasteiger partial charge in [-0.25, -0.2) is 9.59 Å². The van der Waals surface area contributed by atoms with Gasteiger partial charge in [-0.2, -0.15) is 12.6 Å². The third kappa shape index (κ3) is 9.27. The zero-order valence-electron chi connectivity index (χ0n) is 31.2. The molecule has 0 radical (unpaired) electrons. The monoisotopic (exact) mass is 754 g/mol. The van der Waals surface area contributed by atoms with E-state index in [0.717, 1.165) is 11.1 Å². The van der Waals surface area contributed by atoms with Crippen LogP contribution < -0.4 is 10.2 Å². The number of thiol groups is 1. The number of allylic oxidation sites excluding steroid dienone is 3. The Morgan fingerprint density at radius 1 is 1.31 bits per heavy atom. The summed E-state index contributed by atoms with van der Waals surface area (Å²) < 4.78 is 23.5. The molecule has 13 nitrogen and oxygen atoms in total. The summed E-state index contributed by atoms with van der Waals surface area (Å²) in [4.78, 5) is 55.4. The fourth-order valence-electron chi connectivity index (χ4n) is 6.58. The number of halogens is 1. The number of nitrogens with zero attached hydrogens (tertiary/aromatic N) is 2. The van der Waals surface area contributed by atoms with E-state index in [1.165, 1.54) is 38.2 Å². The molecule has 3 aliphatic rings. The summed E-state index contributed by atoms with van der Waals surface area (Å²) in [5, 5.41) is 34.7. The van der Waals surface area contributed by atoms with Crippen LogP contribution in [0.15, 0.2) is 35.9 Å². The summed E-state index contributed by atoms with van der Waals surface area (Å²) in [6.07, 6.45) is 1.58. The number of hydrogen-bond acceptors (Lipinski definition) is 11. The third-order valence-electron chi connectivity index (χ3n) is 10.1. The van der Waals surface area contributed by atoms with Crippen LogP contribution in [0.2, 0.25) is 5.02 Å². The van der Waals surface area contributed by atoms with Gasteiger partial charge in [0.25, 0.3) is 0 Å². The van der Waals surface area contributed by atoms with Crippen molar-refractivity contribution in [2.45, 2.75) is 103 Å². The zero-order valence-corrected chi connectivity index (χ0v) is 31.9. The van der Waals surface area contributed by atoms with Crippen LogP contribution in [-0.2, 0) is 41.6 Å². The van der Waals surface area contributed by atoms with Crippen LogP contribution in [0.4, 0.5) is 10.5 Å². The SMILES string of the molecule is C/C1=C\C=C\[C@@H](CO)[C@@]2(O)CC(OC(=O)N2)[C@@H](C)C2OC2(C)[C@@H](OC(=O)[C@H](C)N(C)C(=O)CCS)CC(=O)N(C)c2cc(cc(CO)c2Cl)C1.[2H]C. The summed E-state index contributed by atoms with van der Waals surface area (Å²) in [7, 11) is 4.27. The van der Waals surface area contributed by atoms with Crippen LogP contribution >= 0.6 is 24.2 Å². The van der Waals surface area contributed by atoms with E-state index in [0.29, 0.717) is 23.4 Å². The van der Waals surface area contributed by atoms with Crippen LogP contribution in [0.5, 0.6) is 0 Å². The van der Waals surface area contributed by atoms with E-state index in [9.17, 15) is 34.5 Å². The summed E-state index contributed by atoms with van der Waals surface area (Å²) in [5.41, 5.74) is -0.716. The second-order valence-electron chi connectivity index (χ2n) is 13.6. The zero-order chi connectivity index (χ0) is 39.1. The molecular formula is C36H52ClN3O10S. The van der Waals surface area contributed by atoms with E-state index in [1.54, 1.807) is 44.2 Å². The smallest absolute Gasteiger partial charge is 0.409 e. The van der Waals surface area contributed by atoms with Gasteiger partial charge in [-0.1, -0.05) is 55.8 Å². The molecule has 8 atom stereocenters. The number of carbonyl (C=O) groups excluding carboxylic acids is 4. The lowest BCUT2D eigenvalue weighted by Crippen LogP contribution is -2.62. The molecule has 0 saturated carbocycles. The first-order valence-corrected chi connectivity index (χ1v) is 17.6. The highest BCUT2D eigenvalue weighted by Crippen LogP contribution is 2.49. The lowest BCUT2D eigenvalue weighted by Gasteiger charge is -2.42. The van der Waals surface area contributed by atoms with Crippen LogP contribution in [-0.4, -0.2) is 106 Å². The molecule has 1 aromatic carbocycles. The van der Waals surface area contributed by atoms with Crippen LogP contribution in [0, 0.1) is 11.8 Å². The van der Waals surface area contributed by atoms with E-state index < -0.39 is 72.1 Å². The Kier molecular flexibility index (Phi) is 13.6. The van der Waals surface area contributed by atoms with Gasteiger partial charge in [0.05, 0.1) is 36.4 Å². The minimum Gasteiger partial charge on any atom is -0.457 e. The Morgan fingerprint density at radius 2 is 2.00 bits per heavy atom. The van der Waals surface area contributed by atoms with Gasteiger partial charge in [0.2, 0.25) is 11.8 Å². The second kappa shape index (κ2) is 17.1. The van der Waals surface area contributed by atoms with Gasteiger partial charge in [0.1, 0.15) is 23.9 Å². The summed E-state index contributed by atoms with van der Waals surface area (Å²) in [6.45, 7) is 5.99. The molecule has 284 valence electrons. The van der Waals surface area contributed by atoms with Crippen LogP contribution in [0.1, 0.15) is 66.9 Å². The van der Waals surface area contributed by atoms with Crippen molar-refractivity contribution in [2.24, 2.45) is 11.8 Å². The van der Waals surface area contributed by atoms with Crippen LogP contribution in [0.3, 0.4) is 0 Å². The van der Waals surface area contributed by atoms with E-state index in [4.69, 9.17) is 27.2 Å². The summed E-state index contributed by atoms with van der Waals surface area (Å²) in [5.74, 6) is -2.70. The van der Waals surface area contributed by atoms with Gasteiger partial charge in [-0.15, -0.1) is 0 Å². The summed E-state index contributed by atoms with van der Waals surface area (Å²) in [6, 6.07) is 2.49. The number of alkyl carbamates (subject to hydrolysis) is 1. The molecule has 2 fully saturated rings. The number of hydrogen-bond donors (Lipinski definition) is 5. The van der Waals surface area contributed by atoms with Crippen molar-refractivity contribution in [2.75, 3.05) is 31.4 Å². The molecule has 3 aliphatic heterocycles. The number of aliphatic hydroxyl groups is 3. The molecule has 51 heavy (non-hydrogen) atoms. The number of fused-ring (bicyclic) bond motifs is 5. The van der Waals surface area contributed by atoms with Gasteiger partial charge in [-0.3, -0.25) is 14.9 Å². The largest absolute Gasteiger partial charge is 0.457 e. The molecule has 0 aromatic heterocycles. The number of epoxide rings is 1. The first-order valence-electron chi connectivity index (χ1n) is 17.6. The van der Waals surface area contributed by atoms with Gasteiger partial charge < -0.3 is 39.3 Å². The number of carbonyl (C=O) groups is 4. The quantitative estimate of drug-likeness (QED) is 0.157. The molecule has 3 unspecified atom stereocenters. The van der Waals surface area contributed by atoms with Gasteiger partial charge in [0, 0.05) is 40.1 Å². The van der Waals surface area contributed by atoms with E-state index in [2.05, 4.69) is 17.9 Å². The minimum absolute atomic E-state index is 0.0937. The average molecular weight is 755 g/mol. The third-order valence-corrected chi connectivity index (χ3v) is 10.7. The summed E-state index contributed by atoms with van der Waals surface area (Å²) >= 11 is 10.8. The number of anilines is 1. The number of ether oxygens (including phenoxy) is 3. The van der Waals surface area contributed by atoms with Crippen molar-refractivity contribution in [3.05, 3.63) is 52.1 Å². The van der Waals surface area contributed by atoms with Gasteiger partial charge in [-0.05, 0) is 50.1 Å². The van der Waals surface area contributed by atoms with Crippen molar-refractivity contribution < 1.29 is 50.1 Å². The highest BCUT2D eigenvalue weighted by atomic mass is 35.5. The van der Waals surface area contributed by atoms with E-state index in [1.807, 2.05) is 6.92 Å². The number of amides is 3. The number of benzene rings is 1. The number of aliphatic hydroxyl groups excluding tert-OH is 2. The first kappa shape index (κ1) is 40.6. The standard InChI is InChI=1S/C35H48ClN3O10S.CH4/c1-19-8-7-9-24(18-41)35(46)16-26(47-33(45)37-35)20(2)31-34(4,49-31)27(48-32(44)21(3)38(5)28(42)10-11-50)15-29(43)39(6)25-14-22(12-19)13-23(17-40)30(25)36;/h7-9,13-14,20-21,24,26-27,31,40-41,46,50H,10-12,15-18H2,1-6H3,(H,37,45);1H4/b9-7+,19-8+;/t20-,21+,24+,26?,27+,31?,34?,35+;/m1./s1/i;1D.